The zero-order chi connectivity index (χ0) is 12.3. The normalized spacial score (nSPS) is 20.1. The molecule has 0 saturated carbocycles. The summed E-state index contributed by atoms with van der Waals surface area (Å²) >= 11 is 0. The molecule has 1 aromatic rings. The molecule has 17 heavy (non-hydrogen) atoms. The molecule has 5 nitrogen and oxygen atoms in total. The van der Waals surface area contributed by atoms with Gasteiger partial charge in [0.1, 0.15) is 6.04 Å². The molecule has 0 radical (unpaired) electrons. The summed E-state index contributed by atoms with van der Waals surface area (Å²) in [7, 11) is 0. The van der Waals surface area contributed by atoms with Crippen LogP contribution >= 0.6 is 0 Å². The number of aryl methyl sites for hydroxylation is 1. The number of rotatable bonds is 3. The van der Waals surface area contributed by atoms with Crippen LogP contribution in [0.5, 0.6) is 0 Å². The molecule has 1 fully saturated rings. The molecule has 0 bridgehead atoms. The molecule has 0 aliphatic carbocycles. The average Bonchev–Trinajstić information content (AvgIpc) is 2.76. The van der Waals surface area contributed by atoms with Crippen LogP contribution in [0.1, 0.15) is 18.4 Å². The highest BCUT2D eigenvalue weighted by atomic mass is 16.4. The number of carbonyl (C=O) groups is 1. The Kier molecular flexibility index (Phi) is 3.37. The number of hydrogen-bond donors (Lipinski definition) is 1. The Morgan fingerprint density at radius 1 is 1.41 bits per heavy atom. The average molecular weight is 233 g/mol. The van der Waals surface area contributed by atoms with Gasteiger partial charge in [0.05, 0.1) is 5.69 Å². The van der Waals surface area contributed by atoms with E-state index in [0.717, 1.165) is 17.7 Å². The maximum Gasteiger partial charge on any atom is 0.328 e. The summed E-state index contributed by atoms with van der Waals surface area (Å²) < 4.78 is 0. The van der Waals surface area contributed by atoms with E-state index in [2.05, 4.69) is 10.3 Å². The highest BCUT2D eigenvalue weighted by Gasteiger charge is 2.29. The second-order valence-electron chi connectivity index (χ2n) is 4.18. The Hall–Kier alpha value is -1.91. The van der Waals surface area contributed by atoms with Gasteiger partial charge in [0.25, 0.3) is 0 Å². The van der Waals surface area contributed by atoms with Crippen molar-refractivity contribution in [3.05, 3.63) is 29.8 Å². The Morgan fingerprint density at radius 2 is 2.12 bits per heavy atom. The van der Waals surface area contributed by atoms with Crippen molar-refractivity contribution < 1.29 is 9.90 Å². The summed E-state index contributed by atoms with van der Waals surface area (Å²) in [5.74, 6) is -0.828. The molecule has 1 aliphatic heterocycles. The third kappa shape index (κ3) is 2.81. The van der Waals surface area contributed by atoms with Gasteiger partial charge in [-0.05, 0) is 31.9 Å². The minimum atomic E-state index is -0.828. The summed E-state index contributed by atoms with van der Waals surface area (Å²) in [6, 6.07) is 7.11. The molecule has 1 saturated heterocycles. The molecule has 1 aromatic carbocycles. The summed E-state index contributed by atoms with van der Waals surface area (Å²) in [6.45, 7) is 2.66. The second kappa shape index (κ2) is 4.95. The molecule has 5 heteroatoms. The minimum Gasteiger partial charge on any atom is -0.480 e. The van der Waals surface area contributed by atoms with Crippen molar-refractivity contribution in [1.82, 2.24) is 5.01 Å². The van der Waals surface area contributed by atoms with Gasteiger partial charge in [-0.15, -0.1) is 5.11 Å². The van der Waals surface area contributed by atoms with E-state index in [4.69, 9.17) is 5.11 Å². The number of nitrogens with zero attached hydrogens (tertiary/aromatic N) is 3. The molecule has 0 amide bonds. The van der Waals surface area contributed by atoms with E-state index >= 15 is 0 Å². The van der Waals surface area contributed by atoms with E-state index < -0.39 is 12.0 Å². The first kappa shape index (κ1) is 11.6. The maximum absolute atomic E-state index is 10.9. The largest absolute Gasteiger partial charge is 0.480 e. The predicted octanol–water partition coefficient (Wildman–Crippen LogP) is 2.54. The molecule has 0 aromatic heterocycles. The quantitative estimate of drug-likeness (QED) is 0.816. The SMILES string of the molecule is Cc1ccc(N=NN2CCC[C@H]2C(=O)O)cc1. The summed E-state index contributed by atoms with van der Waals surface area (Å²) in [5, 5.41) is 18.6. The molecule has 0 spiro atoms. The standard InChI is InChI=1S/C12H15N3O2/c1-9-4-6-10(7-5-9)13-14-15-8-2-3-11(15)12(16)17/h4-7,11H,2-3,8H2,1H3,(H,16,17)/t11-/m0/s1. The highest BCUT2D eigenvalue weighted by molar-refractivity contribution is 5.73. The van der Waals surface area contributed by atoms with Crippen molar-refractivity contribution in [1.29, 1.82) is 0 Å². The molecule has 1 atom stereocenters. The van der Waals surface area contributed by atoms with Crippen LogP contribution < -0.4 is 0 Å². The molecule has 1 N–H and O–H groups in total. The zero-order valence-corrected chi connectivity index (χ0v) is 9.71. The first-order chi connectivity index (χ1) is 8.16. The maximum atomic E-state index is 10.9. The van der Waals surface area contributed by atoms with Crippen molar-refractivity contribution >= 4 is 11.7 Å². The van der Waals surface area contributed by atoms with Gasteiger partial charge in [0.15, 0.2) is 0 Å². The van der Waals surface area contributed by atoms with E-state index in [1.54, 1.807) is 5.01 Å². The molecular weight excluding hydrogens is 218 g/mol. The molecule has 0 unspecified atom stereocenters. The topological polar surface area (TPSA) is 65.3 Å². The molecular formula is C12H15N3O2. The van der Waals surface area contributed by atoms with Crippen molar-refractivity contribution in [3.8, 4) is 0 Å². The number of benzene rings is 1. The Labute approximate surface area is 99.7 Å². The molecule has 1 heterocycles. The summed E-state index contributed by atoms with van der Waals surface area (Å²) in [5.41, 5.74) is 1.90. The van der Waals surface area contributed by atoms with Crippen molar-refractivity contribution in [2.75, 3.05) is 6.54 Å². The fourth-order valence-corrected chi connectivity index (χ4v) is 1.83. The highest BCUT2D eigenvalue weighted by Crippen LogP contribution is 2.20. The predicted molar refractivity (Wildman–Crippen MR) is 63.1 cm³/mol. The Balaban J connectivity index is 2.05. The van der Waals surface area contributed by atoms with Crippen LogP contribution in [0.15, 0.2) is 34.6 Å². The molecule has 1 aliphatic rings. The monoisotopic (exact) mass is 233 g/mol. The fourth-order valence-electron chi connectivity index (χ4n) is 1.83. The molecule has 90 valence electrons. The first-order valence-electron chi connectivity index (χ1n) is 5.64. The van der Waals surface area contributed by atoms with Crippen molar-refractivity contribution in [3.63, 3.8) is 0 Å². The van der Waals surface area contributed by atoms with E-state index in [-0.39, 0.29) is 0 Å². The number of carboxylic acid groups (broad SMARTS) is 1. The first-order valence-corrected chi connectivity index (χ1v) is 5.64. The number of aliphatic carboxylic acids is 1. The summed E-state index contributed by atoms with van der Waals surface area (Å²) in [4.78, 5) is 10.9. The molecule has 2 rings (SSSR count). The van der Waals surface area contributed by atoms with E-state index in [1.165, 1.54) is 0 Å². The lowest BCUT2D eigenvalue weighted by Gasteiger charge is -2.15. The van der Waals surface area contributed by atoms with Gasteiger partial charge in [-0.25, -0.2) is 4.79 Å². The smallest absolute Gasteiger partial charge is 0.328 e. The third-order valence-electron chi connectivity index (χ3n) is 2.82. The lowest BCUT2D eigenvalue weighted by Crippen LogP contribution is -2.31. The van der Waals surface area contributed by atoms with Crippen LogP contribution in [0.4, 0.5) is 5.69 Å². The number of carboxylic acids is 1. The van der Waals surface area contributed by atoms with Crippen LogP contribution in [0.25, 0.3) is 0 Å². The van der Waals surface area contributed by atoms with Gasteiger partial charge in [-0.3, -0.25) is 5.01 Å². The van der Waals surface area contributed by atoms with Gasteiger partial charge >= 0.3 is 5.97 Å². The van der Waals surface area contributed by atoms with Crippen molar-refractivity contribution in [2.45, 2.75) is 25.8 Å². The van der Waals surface area contributed by atoms with E-state index in [9.17, 15) is 4.79 Å². The Bertz CT molecular complexity index is 428. The Morgan fingerprint density at radius 3 is 2.76 bits per heavy atom. The van der Waals surface area contributed by atoms with E-state index in [1.807, 2.05) is 31.2 Å². The van der Waals surface area contributed by atoms with Gasteiger partial charge in [-0.1, -0.05) is 22.9 Å². The van der Waals surface area contributed by atoms with Gasteiger partial charge in [0, 0.05) is 6.54 Å². The van der Waals surface area contributed by atoms with E-state index in [0.29, 0.717) is 13.0 Å². The van der Waals surface area contributed by atoms with Crippen molar-refractivity contribution in [2.24, 2.45) is 10.3 Å². The van der Waals surface area contributed by atoms with Crippen LogP contribution in [0.3, 0.4) is 0 Å². The minimum absolute atomic E-state index is 0.524. The van der Waals surface area contributed by atoms with Crippen LogP contribution in [0, 0.1) is 6.92 Å². The number of hydrogen-bond acceptors (Lipinski definition) is 3. The third-order valence-corrected chi connectivity index (χ3v) is 2.82. The van der Waals surface area contributed by atoms with Gasteiger partial charge in [-0.2, -0.15) is 0 Å². The van der Waals surface area contributed by atoms with Crippen LogP contribution in [-0.4, -0.2) is 28.7 Å². The van der Waals surface area contributed by atoms with Gasteiger partial charge in [0.2, 0.25) is 0 Å². The zero-order valence-electron chi connectivity index (χ0n) is 9.71. The van der Waals surface area contributed by atoms with Crippen LogP contribution in [-0.2, 0) is 4.79 Å². The lowest BCUT2D eigenvalue weighted by atomic mass is 10.2. The second-order valence-corrected chi connectivity index (χ2v) is 4.18. The lowest BCUT2D eigenvalue weighted by molar-refractivity contribution is -0.142. The summed E-state index contributed by atoms with van der Waals surface area (Å²) in [6.07, 6.45) is 1.49. The fraction of sp³-hybridized carbons (Fsp3) is 0.417. The van der Waals surface area contributed by atoms with Gasteiger partial charge < -0.3 is 5.11 Å². The van der Waals surface area contributed by atoms with Crippen LogP contribution in [0.2, 0.25) is 0 Å².